The van der Waals surface area contributed by atoms with E-state index in [4.69, 9.17) is 10.5 Å². The monoisotopic (exact) mass is 277 g/mol. The molecule has 102 valence electrons. The van der Waals surface area contributed by atoms with Crippen molar-refractivity contribution in [1.29, 1.82) is 0 Å². The van der Waals surface area contributed by atoms with E-state index in [2.05, 4.69) is 21.3 Å². The zero-order valence-electron chi connectivity index (χ0n) is 11.5. The van der Waals surface area contributed by atoms with E-state index in [0.29, 0.717) is 0 Å². The van der Waals surface area contributed by atoms with Crippen molar-refractivity contribution < 1.29 is 4.74 Å². The molecule has 0 fully saturated rings. The Morgan fingerprint density at radius 1 is 1.47 bits per heavy atom. The first kappa shape index (κ1) is 13.8. The molecular weight excluding hydrogens is 258 g/mol. The number of benzene rings is 1. The van der Waals surface area contributed by atoms with Gasteiger partial charge in [-0.1, -0.05) is 6.07 Å². The number of thiazole rings is 1. The van der Waals surface area contributed by atoms with E-state index in [1.807, 2.05) is 31.6 Å². The summed E-state index contributed by atoms with van der Waals surface area (Å²) in [7, 11) is 3.71. The van der Waals surface area contributed by atoms with Gasteiger partial charge in [-0.25, -0.2) is 4.98 Å². The van der Waals surface area contributed by atoms with Crippen LogP contribution in [0.15, 0.2) is 29.1 Å². The molecule has 0 saturated heterocycles. The molecule has 1 aromatic carbocycles. The highest BCUT2D eigenvalue weighted by atomic mass is 32.1. The minimum absolute atomic E-state index is 0.0796. The summed E-state index contributed by atoms with van der Waals surface area (Å²) in [6.45, 7) is 2.73. The second-order valence-corrected chi connectivity index (χ2v) is 5.24. The maximum absolute atomic E-state index is 6.08. The van der Waals surface area contributed by atoms with Gasteiger partial charge in [0.25, 0.3) is 0 Å². The summed E-state index contributed by atoms with van der Waals surface area (Å²) in [5, 5.41) is 2.06. The Kier molecular flexibility index (Phi) is 4.39. The van der Waals surface area contributed by atoms with Crippen LogP contribution in [0.3, 0.4) is 0 Å². The molecule has 0 unspecified atom stereocenters. The van der Waals surface area contributed by atoms with Crippen molar-refractivity contribution in [1.82, 2.24) is 4.98 Å². The lowest BCUT2D eigenvalue weighted by atomic mass is 10.0. The first-order valence-electron chi connectivity index (χ1n) is 6.14. The number of nitrogens with two attached hydrogens (primary N) is 1. The third-order valence-corrected chi connectivity index (χ3v) is 3.65. The van der Waals surface area contributed by atoms with Crippen molar-refractivity contribution in [2.75, 3.05) is 19.1 Å². The van der Waals surface area contributed by atoms with Crippen molar-refractivity contribution in [2.24, 2.45) is 5.73 Å². The first-order chi connectivity index (χ1) is 9.13. The molecule has 1 aromatic heterocycles. The Balaban J connectivity index is 2.32. The molecule has 0 aliphatic carbocycles. The maximum atomic E-state index is 6.08. The van der Waals surface area contributed by atoms with Crippen LogP contribution in [0.4, 0.5) is 5.69 Å². The molecule has 2 N–H and O–H groups in total. The van der Waals surface area contributed by atoms with E-state index < -0.39 is 0 Å². The van der Waals surface area contributed by atoms with Crippen molar-refractivity contribution in [3.05, 3.63) is 40.3 Å². The summed E-state index contributed by atoms with van der Waals surface area (Å²) in [4.78, 5) is 6.46. The number of rotatable bonds is 5. The van der Waals surface area contributed by atoms with Gasteiger partial charge >= 0.3 is 0 Å². The van der Waals surface area contributed by atoms with Crippen molar-refractivity contribution in [3.63, 3.8) is 0 Å². The normalized spacial score (nSPS) is 12.2. The fraction of sp³-hybridized carbons (Fsp3) is 0.357. The van der Waals surface area contributed by atoms with Gasteiger partial charge in [0.05, 0.1) is 24.9 Å². The lowest BCUT2D eigenvalue weighted by molar-refractivity contribution is 0.407. The zero-order valence-corrected chi connectivity index (χ0v) is 12.3. The van der Waals surface area contributed by atoms with E-state index in [9.17, 15) is 0 Å². The van der Waals surface area contributed by atoms with Gasteiger partial charge in [0.15, 0.2) is 0 Å². The van der Waals surface area contributed by atoms with Gasteiger partial charge in [0, 0.05) is 29.7 Å². The van der Waals surface area contributed by atoms with Crippen LogP contribution in [0.2, 0.25) is 0 Å². The molecular formula is C14H19N3OS. The molecule has 0 amide bonds. The summed E-state index contributed by atoms with van der Waals surface area (Å²) >= 11 is 1.61. The number of hydrogen-bond acceptors (Lipinski definition) is 5. The average molecular weight is 277 g/mol. The highest BCUT2D eigenvalue weighted by molar-refractivity contribution is 7.07. The van der Waals surface area contributed by atoms with Gasteiger partial charge in [-0.2, -0.15) is 0 Å². The summed E-state index contributed by atoms with van der Waals surface area (Å²) in [5.41, 5.74) is 11.1. The highest BCUT2D eigenvalue weighted by Crippen LogP contribution is 2.33. The van der Waals surface area contributed by atoms with Crippen LogP contribution in [0.25, 0.3) is 0 Å². The highest BCUT2D eigenvalue weighted by Gasteiger charge is 2.16. The van der Waals surface area contributed by atoms with Crippen LogP contribution in [0.5, 0.6) is 5.75 Å². The van der Waals surface area contributed by atoms with Gasteiger partial charge in [-0.3, -0.25) is 0 Å². The molecule has 0 aliphatic rings. The van der Waals surface area contributed by atoms with E-state index in [0.717, 1.165) is 29.2 Å². The van der Waals surface area contributed by atoms with E-state index in [1.54, 1.807) is 18.4 Å². The van der Waals surface area contributed by atoms with Gasteiger partial charge in [0.2, 0.25) is 0 Å². The predicted molar refractivity (Wildman–Crippen MR) is 79.8 cm³/mol. The minimum Gasteiger partial charge on any atom is -0.496 e. The van der Waals surface area contributed by atoms with Gasteiger partial charge in [0.1, 0.15) is 5.75 Å². The maximum Gasteiger partial charge on any atom is 0.125 e. The Bertz CT molecular complexity index is 525. The Hall–Kier alpha value is -1.59. The third kappa shape index (κ3) is 3.05. The molecule has 1 atom stereocenters. The molecule has 2 rings (SSSR count). The molecule has 0 saturated carbocycles. The number of nitrogens with zero attached hydrogens (tertiary/aromatic N) is 2. The number of anilines is 1. The van der Waals surface area contributed by atoms with Crippen LogP contribution in [-0.4, -0.2) is 19.1 Å². The summed E-state index contributed by atoms with van der Waals surface area (Å²) in [6, 6.07) is 5.91. The van der Waals surface area contributed by atoms with E-state index in [-0.39, 0.29) is 6.04 Å². The summed E-state index contributed by atoms with van der Waals surface area (Å²) in [5.74, 6) is 0.831. The Morgan fingerprint density at radius 2 is 2.26 bits per heavy atom. The fourth-order valence-electron chi connectivity index (χ4n) is 2.14. The molecule has 5 heteroatoms. The molecule has 0 spiro atoms. The lowest BCUT2D eigenvalue weighted by Crippen LogP contribution is -2.20. The molecule has 1 heterocycles. The van der Waals surface area contributed by atoms with Gasteiger partial charge < -0.3 is 15.4 Å². The Morgan fingerprint density at radius 3 is 2.84 bits per heavy atom. The third-order valence-electron chi connectivity index (χ3n) is 3.01. The quantitative estimate of drug-likeness (QED) is 0.913. The molecule has 19 heavy (non-hydrogen) atoms. The topological polar surface area (TPSA) is 51.4 Å². The average Bonchev–Trinajstić information content (AvgIpc) is 2.90. The van der Waals surface area contributed by atoms with Crippen molar-refractivity contribution in [2.45, 2.75) is 19.5 Å². The molecule has 0 radical (unpaired) electrons. The van der Waals surface area contributed by atoms with Gasteiger partial charge in [-0.05, 0) is 19.1 Å². The molecule has 0 aliphatic heterocycles. The first-order valence-corrected chi connectivity index (χ1v) is 7.08. The minimum atomic E-state index is -0.0796. The summed E-state index contributed by atoms with van der Waals surface area (Å²) in [6.07, 6.45) is 0. The predicted octanol–water partition coefficient (Wildman–Crippen LogP) is 2.81. The van der Waals surface area contributed by atoms with E-state index >= 15 is 0 Å². The smallest absolute Gasteiger partial charge is 0.125 e. The Labute approximate surface area is 117 Å². The number of methoxy groups -OCH3 is 1. The van der Waals surface area contributed by atoms with Crippen molar-refractivity contribution in [3.8, 4) is 5.75 Å². The van der Waals surface area contributed by atoms with Crippen LogP contribution < -0.4 is 15.4 Å². The molecule has 0 bridgehead atoms. The largest absolute Gasteiger partial charge is 0.496 e. The SMILES string of the molecule is COc1cccc(N(C)Cc2cscn2)c1[C@H](C)N. The fourth-order valence-corrected chi connectivity index (χ4v) is 2.69. The summed E-state index contributed by atoms with van der Waals surface area (Å²) < 4.78 is 5.41. The second kappa shape index (κ2) is 6.04. The second-order valence-electron chi connectivity index (χ2n) is 4.52. The van der Waals surface area contributed by atoms with Crippen LogP contribution in [-0.2, 0) is 6.54 Å². The molecule has 4 nitrogen and oxygen atoms in total. The molecule has 2 aromatic rings. The number of ether oxygens (including phenoxy) is 1. The van der Waals surface area contributed by atoms with Crippen LogP contribution in [0.1, 0.15) is 24.2 Å². The van der Waals surface area contributed by atoms with E-state index in [1.165, 1.54) is 0 Å². The number of aromatic nitrogens is 1. The van der Waals surface area contributed by atoms with Gasteiger partial charge in [-0.15, -0.1) is 11.3 Å². The zero-order chi connectivity index (χ0) is 13.8. The standard InChI is InChI=1S/C14H19N3OS/c1-10(15)14-12(5-4-6-13(14)18-3)17(2)7-11-8-19-9-16-11/h4-6,8-10H,7,15H2,1-3H3/t10-/m0/s1. The van der Waals surface area contributed by atoms with Crippen LogP contribution in [0, 0.1) is 0 Å². The number of hydrogen-bond donors (Lipinski definition) is 1. The lowest BCUT2D eigenvalue weighted by Gasteiger charge is -2.24. The van der Waals surface area contributed by atoms with Crippen LogP contribution >= 0.6 is 11.3 Å². The van der Waals surface area contributed by atoms with Crippen molar-refractivity contribution >= 4 is 17.0 Å².